The summed E-state index contributed by atoms with van der Waals surface area (Å²) in [6.45, 7) is 4.83. The Morgan fingerprint density at radius 3 is 2.30 bits per heavy atom. The first-order chi connectivity index (χ1) is 14.0. The highest BCUT2D eigenvalue weighted by Crippen LogP contribution is 2.30. The summed E-state index contributed by atoms with van der Waals surface area (Å²) in [4.78, 5) is 14.2. The number of hydrogen-bond acceptors (Lipinski definition) is 4. The lowest BCUT2D eigenvalue weighted by Crippen LogP contribution is -2.33. The number of fused-ring (bicyclic) bond motifs is 2. The average molecular weight is 409 g/mol. The molecule has 3 aromatic rings. The number of pyridine rings is 1. The molecule has 5 nitrogen and oxygen atoms in total. The van der Waals surface area contributed by atoms with Crippen LogP contribution in [0.1, 0.15) is 55.2 Å². The van der Waals surface area contributed by atoms with Gasteiger partial charge in [-0.15, -0.1) is 0 Å². The van der Waals surface area contributed by atoms with Crippen LogP contribution >= 0.6 is 0 Å². The lowest BCUT2D eigenvalue weighted by molar-refractivity contribution is 0.171. The summed E-state index contributed by atoms with van der Waals surface area (Å²) in [6.07, 6.45) is 3.34. The summed E-state index contributed by atoms with van der Waals surface area (Å²) >= 11 is 0. The van der Waals surface area contributed by atoms with Gasteiger partial charge in [0.05, 0.1) is 11.6 Å². The van der Waals surface area contributed by atoms with Gasteiger partial charge in [0.25, 0.3) is 0 Å². The highest BCUT2D eigenvalue weighted by Gasteiger charge is 2.23. The van der Waals surface area contributed by atoms with Crippen molar-refractivity contribution in [1.29, 1.82) is 0 Å². The van der Waals surface area contributed by atoms with E-state index in [1.165, 1.54) is 34.4 Å². The summed E-state index contributed by atoms with van der Waals surface area (Å²) in [5, 5.41) is 25.0. The first kappa shape index (κ1) is 22.1. The zero-order valence-corrected chi connectivity index (χ0v) is 17.0. The van der Waals surface area contributed by atoms with Crippen molar-refractivity contribution >= 4 is 10.9 Å². The van der Waals surface area contributed by atoms with Crippen molar-refractivity contribution in [2.75, 3.05) is 6.54 Å². The van der Waals surface area contributed by atoms with Gasteiger partial charge in [0.2, 0.25) is 5.56 Å². The van der Waals surface area contributed by atoms with E-state index in [1.54, 1.807) is 12.1 Å². The third kappa shape index (κ3) is 4.13. The van der Waals surface area contributed by atoms with Crippen LogP contribution in [-0.2, 0) is 25.7 Å². The van der Waals surface area contributed by atoms with Crippen LogP contribution in [0.15, 0.2) is 41.2 Å². The van der Waals surface area contributed by atoms with Gasteiger partial charge in [-0.25, -0.2) is 0 Å². The van der Waals surface area contributed by atoms with E-state index in [0.29, 0.717) is 29.1 Å². The topological polar surface area (TPSA) is 85.3 Å². The van der Waals surface area contributed by atoms with Crippen LogP contribution in [0.3, 0.4) is 0 Å². The van der Waals surface area contributed by atoms with Crippen LogP contribution in [0.2, 0.25) is 0 Å². The monoisotopic (exact) mass is 408 g/mol. The van der Waals surface area contributed by atoms with E-state index in [1.807, 2.05) is 0 Å². The number of aromatic nitrogens is 1. The van der Waals surface area contributed by atoms with Crippen molar-refractivity contribution in [2.45, 2.75) is 59.1 Å². The molecule has 0 aliphatic heterocycles. The van der Waals surface area contributed by atoms with Crippen molar-refractivity contribution in [3.63, 3.8) is 0 Å². The summed E-state index contributed by atoms with van der Waals surface area (Å²) in [6, 6.07) is 11.3. The largest absolute Gasteiger partial charge is 0.506 e. The number of aliphatic hydroxyl groups is 1. The minimum absolute atomic E-state index is 0. The maximum Gasteiger partial charge on any atom is 0.248 e. The van der Waals surface area contributed by atoms with E-state index >= 15 is 0 Å². The molecule has 5 heteroatoms. The molecule has 0 bridgehead atoms. The van der Waals surface area contributed by atoms with Gasteiger partial charge >= 0.3 is 0 Å². The van der Waals surface area contributed by atoms with Gasteiger partial charge in [0, 0.05) is 24.0 Å². The molecule has 1 aliphatic carbocycles. The predicted molar refractivity (Wildman–Crippen MR) is 122 cm³/mol. The molecule has 4 rings (SSSR count). The second kappa shape index (κ2) is 9.02. The van der Waals surface area contributed by atoms with Gasteiger partial charge in [-0.3, -0.25) is 4.79 Å². The quantitative estimate of drug-likeness (QED) is 0.500. The second-order valence-electron chi connectivity index (χ2n) is 7.91. The highest BCUT2D eigenvalue weighted by molar-refractivity contribution is 5.87. The van der Waals surface area contributed by atoms with Crippen LogP contribution in [-0.4, -0.2) is 27.8 Å². The van der Waals surface area contributed by atoms with Crippen molar-refractivity contribution in [3.8, 4) is 5.75 Å². The number of hydrogen-bond donors (Lipinski definition) is 4. The molecule has 1 aromatic heterocycles. The molecule has 0 saturated carbocycles. The summed E-state index contributed by atoms with van der Waals surface area (Å²) in [5.41, 5.74) is 6.49. The van der Waals surface area contributed by atoms with Crippen molar-refractivity contribution in [2.24, 2.45) is 0 Å². The maximum absolute atomic E-state index is 11.6. The van der Waals surface area contributed by atoms with Crippen LogP contribution in [0.25, 0.3) is 10.9 Å². The number of nitrogens with one attached hydrogen (secondary N) is 2. The standard InChI is InChI=1S/C24H28N2O3.CH4/c1-3-14-9-16-11-18(12-17(16)10-15(14)4-2)25-13-22(28)19-5-7-21(27)24-20(19)6-8-23(29)26-24;/h5-10,18,22,25,27-28H,3-4,11-13H2,1-2H3,(H,26,29);1H4/t22-;/m0./s1. The molecule has 0 unspecified atom stereocenters. The number of aromatic hydroxyl groups is 1. The molecule has 0 radical (unpaired) electrons. The Hall–Kier alpha value is -2.63. The molecule has 1 aliphatic rings. The van der Waals surface area contributed by atoms with Crippen LogP contribution in [0.5, 0.6) is 5.75 Å². The fourth-order valence-corrected chi connectivity index (χ4v) is 4.51. The molecule has 160 valence electrons. The third-order valence-corrected chi connectivity index (χ3v) is 6.08. The molecular formula is C25H32N2O3. The number of benzene rings is 2. The number of rotatable bonds is 6. The maximum atomic E-state index is 11.6. The van der Waals surface area contributed by atoms with Gasteiger partial charge in [-0.2, -0.15) is 0 Å². The van der Waals surface area contributed by atoms with Gasteiger partial charge in [0.15, 0.2) is 0 Å². The number of aryl methyl sites for hydroxylation is 2. The molecular weight excluding hydrogens is 376 g/mol. The number of aromatic amines is 1. The lowest BCUT2D eigenvalue weighted by Gasteiger charge is -2.18. The molecule has 30 heavy (non-hydrogen) atoms. The molecule has 0 spiro atoms. The average Bonchev–Trinajstić information content (AvgIpc) is 3.13. The highest BCUT2D eigenvalue weighted by atomic mass is 16.3. The molecule has 1 heterocycles. The summed E-state index contributed by atoms with van der Waals surface area (Å²) in [5.74, 6) is 0.00584. The van der Waals surface area contributed by atoms with E-state index in [-0.39, 0.29) is 18.7 Å². The Balaban J connectivity index is 0.00000256. The van der Waals surface area contributed by atoms with Crippen molar-refractivity contribution in [3.05, 3.63) is 74.6 Å². The normalized spacial score (nSPS) is 14.5. The smallest absolute Gasteiger partial charge is 0.248 e. The summed E-state index contributed by atoms with van der Waals surface area (Å²) in [7, 11) is 0. The van der Waals surface area contributed by atoms with Gasteiger partial charge in [-0.1, -0.05) is 39.5 Å². The molecule has 1 atom stereocenters. The SMILES string of the molecule is C.CCc1cc2c(cc1CC)CC(NC[C@H](O)c1ccc(O)c3[nH]c(=O)ccc13)C2. The van der Waals surface area contributed by atoms with E-state index in [0.717, 1.165) is 25.7 Å². The molecule has 4 N–H and O–H groups in total. The fraction of sp³-hybridized carbons (Fsp3) is 0.400. The fourth-order valence-electron chi connectivity index (χ4n) is 4.51. The summed E-state index contributed by atoms with van der Waals surface area (Å²) < 4.78 is 0. The Morgan fingerprint density at radius 2 is 1.70 bits per heavy atom. The first-order valence-electron chi connectivity index (χ1n) is 10.4. The van der Waals surface area contributed by atoms with Gasteiger partial charge < -0.3 is 20.5 Å². The number of H-pyrrole nitrogens is 1. The van der Waals surface area contributed by atoms with Crippen molar-refractivity contribution < 1.29 is 10.2 Å². The van der Waals surface area contributed by atoms with E-state index in [9.17, 15) is 15.0 Å². The van der Waals surface area contributed by atoms with Crippen LogP contribution in [0.4, 0.5) is 0 Å². The molecule has 0 fully saturated rings. The Bertz CT molecular complexity index is 1070. The second-order valence-corrected chi connectivity index (χ2v) is 7.91. The Kier molecular flexibility index (Phi) is 6.64. The van der Waals surface area contributed by atoms with Crippen LogP contribution in [0, 0.1) is 0 Å². The molecule has 0 saturated heterocycles. The molecule has 2 aromatic carbocycles. The van der Waals surface area contributed by atoms with Gasteiger partial charge in [0.1, 0.15) is 5.75 Å². The Morgan fingerprint density at radius 1 is 1.07 bits per heavy atom. The molecule has 0 amide bonds. The number of phenolic OH excluding ortho intramolecular Hbond substituents is 1. The van der Waals surface area contributed by atoms with E-state index in [2.05, 4.69) is 36.3 Å². The predicted octanol–water partition coefficient (Wildman–Crippen LogP) is 3.79. The van der Waals surface area contributed by atoms with Gasteiger partial charge in [-0.05, 0) is 65.6 Å². The zero-order valence-electron chi connectivity index (χ0n) is 17.0. The number of phenols is 1. The van der Waals surface area contributed by atoms with E-state index in [4.69, 9.17) is 0 Å². The minimum atomic E-state index is -0.731. The van der Waals surface area contributed by atoms with Crippen molar-refractivity contribution in [1.82, 2.24) is 10.3 Å². The number of aliphatic hydroxyl groups excluding tert-OH is 1. The minimum Gasteiger partial charge on any atom is -0.506 e. The van der Waals surface area contributed by atoms with Crippen LogP contribution < -0.4 is 10.9 Å². The Labute approximate surface area is 177 Å². The lowest BCUT2D eigenvalue weighted by atomic mass is 9.97. The van der Waals surface area contributed by atoms with E-state index < -0.39 is 6.10 Å². The third-order valence-electron chi connectivity index (χ3n) is 6.08. The first-order valence-corrected chi connectivity index (χ1v) is 10.4. The zero-order chi connectivity index (χ0) is 20.5.